The first kappa shape index (κ1) is 15.4. The van der Waals surface area contributed by atoms with Crippen LogP contribution in [-0.4, -0.2) is 30.6 Å². The number of nitrogens with one attached hydrogen (secondary N) is 1. The highest BCUT2D eigenvalue weighted by Crippen LogP contribution is 2.14. The van der Waals surface area contributed by atoms with E-state index in [-0.39, 0.29) is 5.82 Å². The van der Waals surface area contributed by atoms with Crippen LogP contribution in [-0.2, 0) is 6.54 Å². The molecule has 0 aliphatic carbocycles. The van der Waals surface area contributed by atoms with Crippen molar-refractivity contribution in [3.63, 3.8) is 0 Å². The lowest BCUT2D eigenvalue weighted by Crippen LogP contribution is -2.38. The van der Waals surface area contributed by atoms with E-state index >= 15 is 0 Å². The Bertz CT molecular complexity index is 367. The SMILES string of the molecule is CCN(CC)CC(C)NCc1ccc(Cl)cc1F. The van der Waals surface area contributed by atoms with Crippen LogP contribution in [0.1, 0.15) is 26.3 Å². The lowest BCUT2D eigenvalue weighted by Gasteiger charge is -2.23. The van der Waals surface area contributed by atoms with Gasteiger partial charge in [-0.25, -0.2) is 4.39 Å². The van der Waals surface area contributed by atoms with Crippen LogP contribution in [0.5, 0.6) is 0 Å². The first-order chi connectivity index (χ1) is 8.56. The van der Waals surface area contributed by atoms with Gasteiger partial charge in [-0.1, -0.05) is 31.5 Å². The topological polar surface area (TPSA) is 15.3 Å². The number of rotatable bonds is 7. The summed E-state index contributed by atoms with van der Waals surface area (Å²) in [7, 11) is 0. The second kappa shape index (κ2) is 7.72. The quantitative estimate of drug-likeness (QED) is 0.819. The molecule has 1 atom stereocenters. The fraction of sp³-hybridized carbons (Fsp3) is 0.571. The Hall–Kier alpha value is -0.640. The molecule has 0 spiro atoms. The Morgan fingerprint density at radius 1 is 1.33 bits per heavy atom. The summed E-state index contributed by atoms with van der Waals surface area (Å²) in [5.74, 6) is -0.245. The van der Waals surface area contributed by atoms with Gasteiger partial charge in [0.2, 0.25) is 0 Å². The van der Waals surface area contributed by atoms with Crippen molar-refractivity contribution in [1.29, 1.82) is 0 Å². The second-order valence-electron chi connectivity index (χ2n) is 4.50. The molecule has 18 heavy (non-hydrogen) atoms. The van der Waals surface area contributed by atoms with Gasteiger partial charge in [-0.05, 0) is 32.1 Å². The minimum atomic E-state index is -0.245. The highest BCUT2D eigenvalue weighted by molar-refractivity contribution is 6.30. The maximum Gasteiger partial charge on any atom is 0.129 e. The highest BCUT2D eigenvalue weighted by atomic mass is 35.5. The number of nitrogens with zero attached hydrogens (tertiary/aromatic N) is 1. The number of benzene rings is 1. The van der Waals surface area contributed by atoms with Gasteiger partial charge in [0, 0.05) is 29.7 Å². The van der Waals surface area contributed by atoms with Gasteiger partial charge in [-0.2, -0.15) is 0 Å². The normalized spacial score (nSPS) is 13.0. The van der Waals surface area contributed by atoms with Gasteiger partial charge in [-0.3, -0.25) is 0 Å². The van der Waals surface area contributed by atoms with Crippen molar-refractivity contribution in [2.75, 3.05) is 19.6 Å². The van der Waals surface area contributed by atoms with Crippen molar-refractivity contribution in [3.8, 4) is 0 Å². The molecule has 0 aromatic heterocycles. The standard InChI is InChI=1S/C14H22ClFN2/c1-4-18(5-2)10-11(3)17-9-12-6-7-13(15)8-14(12)16/h6-8,11,17H,4-5,9-10H2,1-3H3. The average Bonchev–Trinajstić information content (AvgIpc) is 2.35. The van der Waals surface area contributed by atoms with Crippen LogP contribution in [0, 0.1) is 5.82 Å². The molecule has 0 bridgehead atoms. The fourth-order valence-corrected chi connectivity index (χ4v) is 2.04. The maximum atomic E-state index is 13.6. The van der Waals surface area contributed by atoms with Crippen molar-refractivity contribution in [3.05, 3.63) is 34.6 Å². The summed E-state index contributed by atoms with van der Waals surface area (Å²) in [4.78, 5) is 2.34. The molecule has 0 fully saturated rings. The van der Waals surface area contributed by atoms with Crippen LogP contribution in [0.3, 0.4) is 0 Å². The first-order valence-electron chi connectivity index (χ1n) is 6.46. The molecule has 4 heteroatoms. The van der Waals surface area contributed by atoms with Crippen molar-refractivity contribution in [2.45, 2.75) is 33.4 Å². The molecule has 1 aromatic carbocycles. The summed E-state index contributed by atoms with van der Waals surface area (Å²) in [5, 5.41) is 3.77. The third-order valence-corrected chi connectivity index (χ3v) is 3.32. The van der Waals surface area contributed by atoms with Crippen molar-refractivity contribution < 1.29 is 4.39 Å². The Morgan fingerprint density at radius 2 is 2.00 bits per heavy atom. The Morgan fingerprint density at radius 3 is 2.56 bits per heavy atom. The van der Waals surface area contributed by atoms with Crippen molar-refractivity contribution in [2.24, 2.45) is 0 Å². The summed E-state index contributed by atoms with van der Waals surface area (Å²) in [6.07, 6.45) is 0. The van der Waals surface area contributed by atoms with Gasteiger partial charge in [0.05, 0.1) is 0 Å². The third kappa shape index (κ3) is 4.92. The third-order valence-electron chi connectivity index (χ3n) is 3.08. The molecule has 0 heterocycles. The van der Waals surface area contributed by atoms with Gasteiger partial charge in [-0.15, -0.1) is 0 Å². The Labute approximate surface area is 114 Å². The summed E-state index contributed by atoms with van der Waals surface area (Å²) >= 11 is 5.72. The molecule has 0 radical (unpaired) electrons. The first-order valence-corrected chi connectivity index (χ1v) is 6.84. The average molecular weight is 273 g/mol. The number of hydrogen-bond acceptors (Lipinski definition) is 2. The van der Waals surface area contributed by atoms with Crippen molar-refractivity contribution in [1.82, 2.24) is 10.2 Å². The fourth-order valence-electron chi connectivity index (χ4n) is 1.88. The zero-order valence-corrected chi connectivity index (χ0v) is 12.1. The Balaban J connectivity index is 2.44. The van der Waals surface area contributed by atoms with E-state index in [9.17, 15) is 4.39 Å². The summed E-state index contributed by atoms with van der Waals surface area (Å²) in [5.41, 5.74) is 0.658. The Kier molecular flexibility index (Phi) is 6.61. The second-order valence-corrected chi connectivity index (χ2v) is 4.94. The molecule has 0 saturated heterocycles. The molecule has 1 unspecified atom stereocenters. The minimum Gasteiger partial charge on any atom is -0.309 e. The minimum absolute atomic E-state index is 0.245. The lowest BCUT2D eigenvalue weighted by molar-refractivity contribution is 0.270. The van der Waals surface area contributed by atoms with E-state index in [2.05, 4.69) is 31.0 Å². The molecule has 0 aliphatic rings. The van der Waals surface area contributed by atoms with Crippen LogP contribution in [0.4, 0.5) is 4.39 Å². The summed E-state index contributed by atoms with van der Waals surface area (Å²) in [6.45, 7) is 10.00. The molecule has 1 aromatic rings. The van der Waals surface area contributed by atoms with E-state index in [1.165, 1.54) is 6.07 Å². The molecule has 0 amide bonds. The predicted molar refractivity (Wildman–Crippen MR) is 75.5 cm³/mol. The smallest absolute Gasteiger partial charge is 0.129 e. The van der Waals surface area contributed by atoms with E-state index in [1.807, 2.05) is 0 Å². The van der Waals surface area contributed by atoms with Crippen LogP contribution in [0.2, 0.25) is 5.02 Å². The maximum absolute atomic E-state index is 13.6. The molecule has 0 aliphatic heterocycles. The van der Waals surface area contributed by atoms with Crippen LogP contribution in [0.15, 0.2) is 18.2 Å². The zero-order valence-electron chi connectivity index (χ0n) is 11.3. The lowest BCUT2D eigenvalue weighted by atomic mass is 10.2. The van der Waals surface area contributed by atoms with Gasteiger partial charge in [0.1, 0.15) is 5.82 Å². The number of hydrogen-bond donors (Lipinski definition) is 1. The van der Waals surface area contributed by atoms with E-state index in [1.54, 1.807) is 12.1 Å². The monoisotopic (exact) mass is 272 g/mol. The molecule has 2 nitrogen and oxygen atoms in total. The predicted octanol–water partition coefficient (Wildman–Crippen LogP) is 3.30. The van der Waals surface area contributed by atoms with E-state index < -0.39 is 0 Å². The number of likely N-dealkylation sites (N-methyl/N-ethyl adjacent to an activating group) is 1. The number of halogens is 2. The van der Waals surface area contributed by atoms with Crippen LogP contribution < -0.4 is 5.32 Å². The molecule has 102 valence electrons. The van der Waals surface area contributed by atoms with Crippen molar-refractivity contribution >= 4 is 11.6 Å². The molecular weight excluding hydrogens is 251 g/mol. The highest BCUT2D eigenvalue weighted by Gasteiger charge is 2.08. The molecule has 1 N–H and O–H groups in total. The molecule has 0 saturated carbocycles. The van der Waals surface area contributed by atoms with E-state index in [0.29, 0.717) is 23.2 Å². The van der Waals surface area contributed by atoms with Gasteiger partial charge in [0.25, 0.3) is 0 Å². The van der Waals surface area contributed by atoms with E-state index in [4.69, 9.17) is 11.6 Å². The van der Waals surface area contributed by atoms with E-state index in [0.717, 1.165) is 19.6 Å². The van der Waals surface area contributed by atoms with Gasteiger partial charge in [0.15, 0.2) is 0 Å². The van der Waals surface area contributed by atoms with Gasteiger partial charge >= 0.3 is 0 Å². The molecule has 1 rings (SSSR count). The van der Waals surface area contributed by atoms with Crippen LogP contribution >= 0.6 is 11.6 Å². The zero-order chi connectivity index (χ0) is 13.5. The van der Waals surface area contributed by atoms with Gasteiger partial charge < -0.3 is 10.2 Å². The summed E-state index contributed by atoms with van der Waals surface area (Å²) < 4.78 is 13.6. The summed E-state index contributed by atoms with van der Waals surface area (Å²) in [6, 6.07) is 5.14. The molecular formula is C14H22ClFN2. The largest absolute Gasteiger partial charge is 0.309 e. The van der Waals surface area contributed by atoms with Crippen LogP contribution in [0.25, 0.3) is 0 Å².